The minimum atomic E-state index is -4.59. The largest absolute Gasteiger partial charge is 0.466 e. The zero-order valence-corrected chi connectivity index (χ0v) is 11.6. The predicted molar refractivity (Wildman–Crippen MR) is 72.2 cm³/mol. The van der Waals surface area contributed by atoms with E-state index in [1.165, 1.54) is 19.1 Å². The third-order valence-corrected chi connectivity index (χ3v) is 2.78. The fourth-order valence-electron chi connectivity index (χ4n) is 1.78. The molecule has 6 nitrogen and oxygen atoms in total. The van der Waals surface area contributed by atoms with E-state index in [4.69, 9.17) is 9.84 Å². The van der Waals surface area contributed by atoms with Gasteiger partial charge in [-0.15, -0.1) is 5.10 Å². The number of amides is 1. The van der Waals surface area contributed by atoms with Crippen molar-refractivity contribution in [2.75, 3.05) is 18.5 Å². The molecule has 1 aliphatic heterocycles. The molecule has 9 heteroatoms. The van der Waals surface area contributed by atoms with Crippen molar-refractivity contribution in [3.8, 4) is 0 Å². The molecule has 1 aromatic carbocycles. The summed E-state index contributed by atoms with van der Waals surface area (Å²) in [6.45, 7) is 1.14. The topological polar surface area (TPSA) is 83.0 Å². The highest BCUT2D eigenvalue weighted by molar-refractivity contribution is 5.98. The summed E-state index contributed by atoms with van der Waals surface area (Å²) in [5.41, 5.74) is 1.17. The molecule has 0 aliphatic carbocycles. The highest BCUT2D eigenvalue weighted by atomic mass is 19.4. The molecule has 1 aromatic rings. The van der Waals surface area contributed by atoms with E-state index in [9.17, 15) is 18.0 Å². The Morgan fingerprint density at radius 1 is 1.50 bits per heavy atom. The molecule has 0 radical (unpaired) electrons. The minimum Gasteiger partial charge on any atom is -0.466 e. The van der Waals surface area contributed by atoms with E-state index in [0.29, 0.717) is 0 Å². The van der Waals surface area contributed by atoms with Crippen molar-refractivity contribution in [1.29, 1.82) is 0 Å². The Kier molecular flexibility index (Phi) is 4.55. The van der Waals surface area contributed by atoms with Gasteiger partial charge >= 0.3 is 6.18 Å². The summed E-state index contributed by atoms with van der Waals surface area (Å²) in [5.74, 6) is -0.567. The number of hydrogen-bond donors (Lipinski definition) is 3. The first kappa shape index (κ1) is 16.1. The van der Waals surface area contributed by atoms with E-state index < -0.39 is 23.8 Å². The molecule has 3 N–H and O–H groups in total. The first-order valence-corrected chi connectivity index (χ1v) is 6.40. The molecule has 0 fully saturated rings. The second-order valence-corrected chi connectivity index (χ2v) is 4.73. The second-order valence-electron chi connectivity index (χ2n) is 4.73. The highest BCUT2D eigenvalue weighted by Gasteiger charge is 2.34. The molecule has 0 saturated carbocycles. The van der Waals surface area contributed by atoms with Gasteiger partial charge in [-0.05, 0) is 25.1 Å². The highest BCUT2D eigenvalue weighted by Crippen LogP contribution is 2.35. The molecule has 22 heavy (non-hydrogen) atoms. The van der Waals surface area contributed by atoms with Crippen LogP contribution < -0.4 is 10.7 Å². The van der Waals surface area contributed by atoms with Crippen LogP contribution in [0.5, 0.6) is 0 Å². The first-order valence-electron chi connectivity index (χ1n) is 6.40. The third kappa shape index (κ3) is 3.88. The van der Waals surface area contributed by atoms with Crippen LogP contribution in [0.1, 0.15) is 18.1 Å². The van der Waals surface area contributed by atoms with Crippen LogP contribution in [0, 0.1) is 0 Å². The maximum atomic E-state index is 13.1. The van der Waals surface area contributed by atoms with Crippen LogP contribution in [0.15, 0.2) is 23.3 Å². The van der Waals surface area contributed by atoms with Crippen LogP contribution in [0.3, 0.4) is 0 Å². The monoisotopic (exact) mass is 317 g/mol. The number of hydrazone groups is 1. The number of anilines is 1. The number of ether oxygens (including phenoxy) is 1. The zero-order chi connectivity index (χ0) is 16.3. The summed E-state index contributed by atoms with van der Waals surface area (Å²) < 4.78 is 44.4. The fourth-order valence-corrected chi connectivity index (χ4v) is 1.78. The van der Waals surface area contributed by atoms with E-state index >= 15 is 0 Å². The predicted octanol–water partition coefficient (Wildman–Crippen LogP) is 1.31. The van der Waals surface area contributed by atoms with Crippen LogP contribution in [-0.4, -0.2) is 36.2 Å². The minimum absolute atomic E-state index is 0.0179. The van der Waals surface area contributed by atoms with Crippen LogP contribution in [0.25, 0.3) is 0 Å². The summed E-state index contributed by atoms with van der Waals surface area (Å²) in [6.07, 6.45) is -5.38. The number of alkyl halides is 3. The maximum absolute atomic E-state index is 13.1. The van der Waals surface area contributed by atoms with E-state index in [1.807, 2.05) is 0 Å². The van der Waals surface area contributed by atoms with Gasteiger partial charge in [-0.25, -0.2) is 5.43 Å². The molecule has 1 aliphatic rings. The molecule has 0 unspecified atom stereocenters. The van der Waals surface area contributed by atoms with Gasteiger partial charge in [-0.3, -0.25) is 4.79 Å². The van der Waals surface area contributed by atoms with Crippen LogP contribution in [0.2, 0.25) is 0 Å². The Hall–Kier alpha value is -2.29. The molecular weight excluding hydrogens is 303 g/mol. The van der Waals surface area contributed by atoms with Gasteiger partial charge in [0.2, 0.25) is 5.90 Å². The normalized spacial score (nSPS) is 16.4. The van der Waals surface area contributed by atoms with E-state index in [-0.39, 0.29) is 30.3 Å². The van der Waals surface area contributed by atoms with Gasteiger partial charge in [0, 0.05) is 17.8 Å². The second kappa shape index (κ2) is 6.22. The number of rotatable bonds is 4. The van der Waals surface area contributed by atoms with Crippen LogP contribution in [-0.2, 0) is 15.7 Å². The number of aliphatic hydroxyl groups is 1. The third-order valence-electron chi connectivity index (χ3n) is 2.78. The quantitative estimate of drug-likeness (QED) is 0.782. The van der Waals surface area contributed by atoms with Gasteiger partial charge in [0.25, 0.3) is 5.91 Å². The lowest BCUT2D eigenvalue weighted by atomic mass is 10.1. The summed E-state index contributed by atoms with van der Waals surface area (Å²) in [6, 6.07) is 3.49. The SMILES string of the molecule is C[C@@H](O)CNc1ccc(C2=NNC(=O)CO2)cc1C(F)(F)F. The Bertz CT molecular complexity index is 600. The number of carbonyl (C=O) groups excluding carboxylic acids is 1. The zero-order valence-electron chi connectivity index (χ0n) is 11.6. The Morgan fingerprint density at radius 3 is 2.77 bits per heavy atom. The average molecular weight is 317 g/mol. The van der Waals surface area contributed by atoms with Crippen molar-refractivity contribution in [3.05, 3.63) is 29.3 Å². The number of benzene rings is 1. The van der Waals surface area contributed by atoms with Gasteiger partial charge in [-0.2, -0.15) is 13.2 Å². The average Bonchev–Trinajstić information content (AvgIpc) is 2.45. The Balaban J connectivity index is 2.33. The molecule has 2 rings (SSSR count). The van der Waals surface area contributed by atoms with Crippen molar-refractivity contribution < 1.29 is 27.8 Å². The molecule has 0 bridgehead atoms. The molecule has 120 valence electrons. The molecule has 1 amide bonds. The van der Waals surface area contributed by atoms with Gasteiger partial charge in [0.15, 0.2) is 6.61 Å². The standard InChI is InChI=1S/C13H14F3N3O3/c1-7(20)5-17-10-3-2-8(4-9(10)13(14,15)16)12-19-18-11(21)6-22-12/h2-4,7,17,20H,5-6H2,1H3,(H,18,21)/t7-/m1/s1. The van der Waals surface area contributed by atoms with Crippen molar-refractivity contribution >= 4 is 17.5 Å². The Labute approximate surface area is 124 Å². The van der Waals surface area contributed by atoms with Crippen LogP contribution in [0.4, 0.5) is 18.9 Å². The molecule has 0 aromatic heterocycles. The van der Waals surface area contributed by atoms with E-state index in [1.54, 1.807) is 0 Å². The number of nitrogens with one attached hydrogen (secondary N) is 2. The lowest BCUT2D eigenvalue weighted by molar-refractivity contribution is -0.137. The van der Waals surface area contributed by atoms with Gasteiger partial charge in [0.05, 0.1) is 11.7 Å². The van der Waals surface area contributed by atoms with Gasteiger partial charge in [0.1, 0.15) is 0 Å². The number of hydrogen-bond acceptors (Lipinski definition) is 5. The van der Waals surface area contributed by atoms with Crippen molar-refractivity contribution in [2.45, 2.75) is 19.2 Å². The van der Waals surface area contributed by atoms with Gasteiger partial charge < -0.3 is 15.2 Å². The van der Waals surface area contributed by atoms with Crippen LogP contribution >= 0.6 is 0 Å². The lowest BCUT2D eigenvalue weighted by Gasteiger charge is -2.18. The van der Waals surface area contributed by atoms with Crippen molar-refractivity contribution in [2.24, 2.45) is 5.10 Å². The number of halogens is 3. The smallest absolute Gasteiger partial charge is 0.418 e. The summed E-state index contributed by atoms with van der Waals surface area (Å²) >= 11 is 0. The van der Waals surface area contributed by atoms with E-state index in [0.717, 1.165) is 6.07 Å². The maximum Gasteiger partial charge on any atom is 0.418 e. The number of aliphatic hydroxyl groups excluding tert-OH is 1. The molecule has 0 saturated heterocycles. The van der Waals surface area contributed by atoms with Gasteiger partial charge in [-0.1, -0.05) is 0 Å². The number of carbonyl (C=O) groups is 1. The molecule has 1 heterocycles. The molecule has 1 atom stereocenters. The fraction of sp³-hybridized carbons (Fsp3) is 0.385. The van der Waals surface area contributed by atoms with Crippen molar-refractivity contribution in [3.63, 3.8) is 0 Å². The summed E-state index contributed by atoms with van der Waals surface area (Å²) in [4.78, 5) is 10.9. The van der Waals surface area contributed by atoms with E-state index in [2.05, 4.69) is 15.8 Å². The molecular formula is C13H14F3N3O3. The summed E-state index contributed by atoms with van der Waals surface area (Å²) in [7, 11) is 0. The Morgan fingerprint density at radius 2 is 2.23 bits per heavy atom. The molecule has 0 spiro atoms. The first-order chi connectivity index (χ1) is 10.3. The lowest BCUT2D eigenvalue weighted by Crippen LogP contribution is -2.32. The summed E-state index contributed by atoms with van der Waals surface area (Å²) in [5, 5.41) is 15.3. The van der Waals surface area contributed by atoms with Crippen molar-refractivity contribution in [1.82, 2.24) is 5.43 Å². The number of nitrogens with zero attached hydrogens (tertiary/aromatic N) is 1.